The number of carboxylic acids is 1. The fourth-order valence-electron chi connectivity index (χ4n) is 1.77. The maximum atomic E-state index is 11.0. The van der Waals surface area contributed by atoms with E-state index in [-0.39, 0.29) is 12.4 Å². The predicted octanol–water partition coefficient (Wildman–Crippen LogP) is 3.75. The molecule has 0 radical (unpaired) electrons. The molecule has 0 unspecified atom stereocenters. The standard InChI is InChI=1S/C14H12O2.ClH/c1-2-13(14(15)16)12-8-7-10-5-3-4-6-11(10)9-12;/h2-9H,1H3,(H,15,16);1H. The van der Waals surface area contributed by atoms with Crippen LogP contribution < -0.4 is 0 Å². The van der Waals surface area contributed by atoms with Crippen molar-refractivity contribution in [1.82, 2.24) is 0 Å². The van der Waals surface area contributed by atoms with E-state index in [0.717, 1.165) is 16.3 Å². The minimum atomic E-state index is -0.891. The minimum Gasteiger partial charge on any atom is -0.478 e. The van der Waals surface area contributed by atoms with Gasteiger partial charge in [0.2, 0.25) is 0 Å². The van der Waals surface area contributed by atoms with E-state index in [1.807, 2.05) is 42.5 Å². The summed E-state index contributed by atoms with van der Waals surface area (Å²) < 4.78 is 0. The summed E-state index contributed by atoms with van der Waals surface area (Å²) in [4.78, 5) is 11.0. The van der Waals surface area contributed by atoms with Crippen molar-refractivity contribution in [2.75, 3.05) is 0 Å². The van der Waals surface area contributed by atoms with Crippen molar-refractivity contribution >= 4 is 34.7 Å². The maximum Gasteiger partial charge on any atom is 0.335 e. The second-order valence-electron chi connectivity index (χ2n) is 3.57. The van der Waals surface area contributed by atoms with Crippen LogP contribution in [0, 0.1) is 0 Å². The van der Waals surface area contributed by atoms with Crippen LogP contribution in [0.3, 0.4) is 0 Å². The van der Waals surface area contributed by atoms with Gasteiger partial charge in [-0.25, -0.2) is 4.79 Å². The Kier molecular flexibility index (Phi) is 4.30. The van der Waals surface area contributed by atoms with E-state index >= 15 is 0 Å². The first-order valence-corrected chi connectivity index (χ1v) is 5.11. The fraction of sp³-hybridized carbons (Fsp3) is 0.0714. The Morgan fingerprint density at radius 3 is 2.35 bits per heavy atom. The van der Waals surface area contributed by atoms with E-state index in [4.69, 9.17) is 5.11 Å². The van der Waals surface area contributed by atoms with E-state index in [1.54, 1.807) is 13.0 Å². The van der Waals surface area contributed by atoms with Crippen LogP contribution in [0.4, 0.5) is 0 Å². The van der Waals surface area contributed by atoms with Gasteiger partial charge in [-0.1, -0.05) is 42.5 Å². The van der Waals surface area contributed by atoms with Gasteiger partial charge in [-0.15, -0.1) is 12.4 Å². The molecule has 2 aromatic carbocycles. The van der Waals surface area contributed by atoms with Crippen LogP contribution in [0.5, 0.6) is 0 Å². The number of halogens is 1. The average molecular weight is 249 g/mol. The molecule has 0 fully saturated rings. The molecule has 0 saturated carbocycles. The van der Waals surface area contributed by atoms with Crippen LogP contribution in [0.15, 0.2) is 48.5 Å². The first-order valence-electron chi connectivity index (χ1n) is 5.11. The normalized spacial score (nSPS) is 11.0. The molecule has 0 amide bonds. The van der Waals surface area contributed by atoms with Gasteiger partial charge in [0.05, 0.1) is 5.57 Å². The zero-order valence-electron chi connectivity index (χ0n) is 9.38. The zero-order valence-corrected chi connectivity index (χ0v) is 10.2. The van der Waals surface area contributed by atoms with Crippen molar-refractivity contribution < 1.29 is 9.90 Å². The lowest BCUT2D eigenvalue weighted by molar-refractivity contribution is -0.130. The summed E-state index contributed by atoms with van der Waals surface area (Å²) in [7, 11) is 0. The number of hydrogen-bond acceptors (Lipinski definition) is 1. The highest BCUT2D eigenvalue weighted by Crippen LogP contribution is 2.21. The minimum absolute atomic E-state index is 0. The lowest BCUT2D eigenvalue weighted by Crippen LogP contribution is -1.98. The van der Waals surface area contributed by atoms with Crippen LogP contribution in [-0.4, -0.2) is 11.1 Å². The topological polar surface area (TPSA) is 37.3 Å². The van der Waals surface area contributed by atoms with Gasteiger partial charge >= 0.3 is 5.97 Å². The first kappa shape index (κ1) is 13.3. The third-order valence-corrected chi connectivity index (χ3v) is 2.58. The number of aliphatic carboxylic acids is 1. The van der Waals surface area contributed by atoms with Gasteiger partial charge < -0.3 is 5.11 Å². The number of fused-ring (bicyclic) bond motifs is 1. The summed E-state index contributed by atoms with van der Waals surface area (Å²) in [5, 5.41) is 11.2. The molecule has 0 bridgehead atoms. The van der Waals surface area contributed by atoms with E-state index in [2.05, 4.69) is 0 Å². The molecule has 3 heteroatoms. The molecule has 0 atom stereocenters. The molecule has 0 heterocycles. The molecule has 0 saturated heterocycles. The number of rotatable bonds is 2. The van der Waals surface area contributed by atoms with Crippen molar-refractivity contribution in [1.29, 1.82) is 0 Å². The Morgan fingerprint density at radius 1 is 1.12 bits per heavy atom. The van der Waals surface area contributed by atoms with Gasteiger partial charge in [0.25, 0.3) is 0 Å². The average Bonchev–Trinajstić information content (AvgIpc) is 2.29. The molecule has 0 spiro atoms. The van der Waals surface area contributed by atoms with Crippen molar-refractivity contribution in [3.63, 3.8) is 0 Å². The lowest BCUT2D eigenvalue weighted by Gasteiger charge is -2.04. The van der Waals surface area contributed by atoms with Crippen LogP contribution in [0.1, 0.15) is 12.5 Å². The fourth-order valence-corrected chi connectivity index (χ4v) is 1.77. The molecule has 0 aliphatic carbocycles. The number of hydrogen-bond donors (Lipinski definition) is 1. The summed E-state index contributed by atoms with van der Waals surface area (Å²) in [5.74, 6) is -0.891. The second-order valence-corrected chi connectivity index (χ2v) is 3.57. The molecular weight excluding hydrogens is 236 g/mol. The summed E-state index contributed by atoms with van der Waals surface area (Å²) in [6.07, 6.45) is 1.62. The van der Waals surface area contributed by atoms with E-state index in [1.165, 1.54) is 0 Å². The monoisotopic (exact) mass is 248 g/mol. The maximum absolute atomic E-state index is 11.0. The van der Waals surface area contributed by atoms with Gasteiger partial charge in [-0.3, -0.25) is 0 Å². The summed E-state index contributed by atoms with van der Waals surface area (Å²) in [6, 6.07) is 13.6. The van der Waals surface area contributed by atoms with Crippen molar-refractivity contribution in [2.24, 2.45) is 0 Å². The third kappa shape index (κ3) is 2.66. The molecule has 1 N–H and O–H groups in total. The quantitative estimate of drug-likeness (QED) is 0.822. The van der Waals surface area contributed by atoms with E-state index in [0.29, 0.717) is 5.57 Å². The number of benzene rings is 2. The molecule has 2 rings (SSSR count). The Bertz CT molecular complexity index is 573. The van der Waals surface area contributed by atoms with Crippen molar-refractivity contribution in [3.05, 3.63) is 54.1 Å². The van der Waals surface area contributed by atoms with Gasteiger partial charge in [0.1, 0.15) is 0 Å². The number of carboxylic acid groups (broad SMARTS) is 1. The van der Waals surface area contributed by atoms with Crippen LogP contribution in [-0.2, 0) is 4.79 Å². The van der Waals surface area contributed by atoms with Crippen LogP contribution >= 0.6 is 12.4 Å². The van der Waals surface area contributed by atoms with Crippen LogP contribution in [0.25, 0.3) is 16.3 Å². The Labute approximate surface area is 106 Å². The molecular formula is C14H13ClO2. The van der Waals surface area contributed by atoms with Gasteiger partial charge in [-0.2, -0.15) is 0 Å². The predicted molar refractivity (Wildman–Crippen MR) is 72.5 cm³/mol. The Balaban J connectivity index is 0.00000144. The Morgan fingerprint density at radius 2 is 1.76 bits per heavy atom. The van der Waals surface area contributed by atoms with Gasteiger partial charge in [0.15, 0.2) is 0 Å². The second kappa shape index (κ2) is 5.51. The van der Waals surface area contributed by atoms with Crippen LogP contribution in [0.2, 0.25) is 0 Å². The highest BCUT2D eigenvalue weighted by atomic mass is 35.5. The zero-order chi connectivity index (χ0) is 11.5. The van der Waals surface area contributed by atoms with Gasteiger partial charge in [-0.05, 0) is 29.3 Å². The molecule has 0 aliphatic rings. The highest BCUT2D eigenvalue weighted by molar-refractivity contribution is 6.15. The molecule has 0 aromatic heterocycles. The summed E-state index contributed by atoms with van der Waals surface area (Å²) in [5.41, 5.74) is 1.08. The number of allylic oxidation sites excluding steroid dienone is 1. The van der Waals surface area contributed by atoms with Gasteiger partial charge in [0, 0.05) is 0 Å². The molecule has 88 valence electrons. The summed E-state index contributed by atoms with van der Waals surface area (Å²) in [6.45, 7) is 1.73. The van der Waals surface area contributed by atoms with E-state index < -0.39 is 5.97 Å². The largest absolute Gasteiger partial charge is 0.478 e. The highest BCUT2D eigenvalue weighted by Gasteiger charge is 2.08. The van der Waals surface area contributed by atoms with Crippen molar-refractivity contribution in [2.45, 2.75) is 6.92 Å². The molecule has 0 aliphatic heterocycles. The smallest absolute Gasteiger partial charge is 0.335 e. The molecule has 17 heavy (non-hydrogen) atoms. The third-order valence-electron chi connectivity index (χ3n) is 2.58. The SMILES string of the molecule is CC=C(C(=O)O)c1ccc2ccccc2c1.Cl. The molecule has 2 nitrogen and oxygen atoms in total. The van der Waals surface area contributed by atoms with Crippen molar-refractivity contribution in [3.8, 4) is 0 Å². The lowest BCUT2D eigenvalue weighted by atomic mass is 10.0. The number of carbonyl (C=O) groups is 1. The van der Waals surface area contributed by atoms with E-state index in [9.17, 15) is 4.79 Å². The first-order chi connectivity index (χ1) is 7.72. The Hall–Kier alpha value is -1.80. The summed E-state index contributed by atoms with van der Waals surface area (Å²) >= 11 is 0. The molecule has 2 aromatic rings.